The highest BCUT2D eigenvalue weighted by Crippen LogP contribution is 2.28. The summed E-state index contributed by atoms with van der Waals surface area (Å²) in [5.74, 6) is 0.609. The number of benzene rings is 2. The molecule has 2 aromatic heterocycles. The first-order valence-corrected chi connectivity index (χ1v) is 12.0. The van der Waals surface area contributed by atoms with Crippen LogP contribution in [0.5, 0.6) is 5.75 Å². The lowest BCUT2D eigenvalue weighted by Gasteiger charge is -2.17. The Bertz CT molecular complexity index is 1320. The lowest BCUT2D eigenvalue weighted by atomic mass is 10.2. The normalized spacial score (nSPS) is 11.0. The van der Waals surface area contributed by atoms with Crippen LogP contribution in [0, 0.1) is 0 Å². The lowest BCUT2D eigenvalue weighted by Crippen LogP contribution is -2.28. The number of thiophene rings is 1. The van der Waals surface area contributed by atoms with Crippen molar-refractivity contribution in [3.63, 3.8) is 0 Å². The molecule has 4 aromatic rings. The van der Waals surface area contributed by atoms with Crippen LogP contribution >= 0.6 is 34.7 Å². The van der Waals surface area contributed by atoms with Gasteiger partial charge in [0, 0.05) is 11.9 Å². The summed E-state index contributed by atoms with van der Waals surface area (Å²) in [7, 11) is 3.30. The van der Waals surface area contributed by atoms with Crippen molar-refractivity contribution in [1.29, 1.82) is 0 Å². The number of nitrogens with zero attached hydrogens (tertiary/aromatic N) is 3. The van der Waals surface area contributed by atoms with Crippen molar-refractivity contribution < 1.29 is 9.53 Å². The standard InChI is InChI=1S/C23H20ClN3O3S2/c1-26(13-16-6-5-11-31-16)21(28)14-32-23-25-19-8-4-3-7-17(19)22(29)27(23)15-9-10-20(30-2)18(24)12-15/h3-12H,13-14H2,1-2H3. The van der Waals surface area contributed by atoms with E-state index in [9.17, 15) is 9.59 Å². The molecule has 0 bridgehead atoms. The molecule has 164 valence electrons. The first-order chi connectivity index (χ1) is 15.5. The highest BCUT2D eigenvalue weighted by Gasteiger charge is 2.17. The Labute approximate surface area is 198 Å². The van der Waals surface area contributed by atoms with Gasteiger partial charge in [0.2, 0.25) is 5.91 Å². The third-order valence-corrected chi connectivity index (χ3v) is 6.94. The maximum Gasteiger partial charge on any atom is 0.266 e. The molecule has 32 heavy (non-hydrogen) atoms. The highest BCUT2D eigenvalue weighted by atomic mass is 35.5. The van der Waals surface area contributed by atoms with E-state index in [-0.39, 0.29) is 17.2 Å². The third-order valence-electron chi connectivity index (χ3n) is 4.86. The number of fused-ring (bicyclic) bond motifs is 1. The smallest absolute Gasteiger partial charge is 0.266 e. The van der Waals surface area contributed by atoms with Gasteiger partial charge in [-0.3, -0.25) is 14.2 Å². The number of hydrogen-bond donors (Lipinski definition) is 0. The summed E-state index contributed by atoms with van der Waals surface area (Å²) in [5.41, 5.74) is 0.912. The van der Waals surface area contributed by atoms with E-state index in [1.165, 1.54) is 23.4 Å². The molecule has 0 N–H and O–H groups in total. The van der Waals surface area contributed by atoms with Crippen LogP contribution in [-0.2, 0) is 11.3 Å². The Morgan fingerprint density at radius 1 is 1.22 bits per heavy atom. The quantitative estimate of drug-likeness (QED) is 0.276. The third kappa shape index (κ3) is 4.67. The SMILES string of the molecule is COc1ccc(-n2c(SCC(=O)N(C)Cc3cccs3)nc3ccccc3c2=O)cc1Cl. The van der Waals surface area contributed by atoms with Gasteiger partial charge in [0.05, 0.1) is 41.0 Å². The molecule has 0 aliphatic rings. The van der Waals surface area contributed by atoms with Gasteiger partial charge in [-0.05, 0) is 41.8 Å². The Morgan fingerprint density at radius 3 is 2.75 bits per heavy atom. The van der Waals surface area contributed by atoms with E-state index in [0.29, 0.717) is 39.1 Å². The zero-order valence-corrected chi connectivity index (χ0v) is 19.8. The van der Waals surface area contributed by atoms with Crippen LogP contribution in [0.15, 0.2) is 69.9 Å². The van der Waals surface area contributed by atoms with E-state index in [4.69, 9.17) is 16.3 Å². The van der Waals surface area contributed by atoms with Gasteiger partial charge in [0.25, 0.3) is 5.56 Å². The van der Waals surface area contributed by atoms with Gasteiger partial charge in [0.1, 0.15) is 5.75 Å². The number of rotatable bonds is 7. The summed E-state index contributed by atoms with van der Waals surface area (Å²) in [4.78, 5) is 33.5. The second kappa shape index (κ2) is 9.77. The van der Waals surface area contributed by atoms with Crippen molar-refractivity contribution in [3.05, 3.63) is 80.2 Å². The molecular weight excluding hydrogens is 466 g/mol. The summed E-state index contributed by atoms with van der Waals surface area (Å²) >= 11 is 9.15. The van der Waals surface area contributed by atoms with Crippen LogP contribution in [0.4, 0.5) is 0 Å². The van der Waals surface area contributed by atoms with E-state index in [1.54, 1.807) is 59.7 Å². The summed E-state index contributed by atoms with van der Waals surface area (Å²) in [6.45, 7) is 0.545. The minimum atomic E-state index is -0.223. The molecule has 0 fully saturated rings. The van der Waals surface area contributed by atoms with Crippen LogP contribution in [0.1, 0.15) is 4.88 Å². The van der Waals surface area contributed by atoms with Gasteiger partial charge in [-0.25, -0.2) is 4.98 Å². The molecule has 0 saturated carbocycles. The van der Waals surface area contributed by atoms with Crippen molar-refractivity contribution in [2.75, 3.05) is 19.9 Å². The van der Waals surface area contributed by atoms with Crippen LogP contribution in [0.3, 0.4) is 0 Å². The van der Waals surface area contributed by atoms with Gasteiger partial charge in [-0.15, -0.1) is 11.3 Å². The van der Waals surface area contributed by atoms with Crippen molar-refractivity contribution in [2.45, 2.75) is 11.7 Å². The molecule has 4 rings (SSSR count). The largest absolute Gasteiger partial charge is 0.495 e. The van der Waals surface area contributed by atoms with E-state index < -0.39 is 0 Å². The molecule has 1 amide bonds. The number of hydrogen-bond acceptors (Lipinski definition) is 6. The van der Waals surface area contributed by atoms with Gasteiger partial charge >= 0.3 is 0 Å². The second-order valence-corrected chi connectivity index (χ2v) is 9.37. The number of thioether (sulfide) groups is 1. The molecule has 6 nitrogen and oxygen atoms in total. The summed E-state index contributed by atoms with van der Waals surface area (Å²) < 4.78 is 6.72. The molecule has 0 saturated heterocycles. The molecule has 0 unspecified atom stereocenters. The second-order valence-electron chi connectivity index (χ2n) is 6.99. The highest BCUT2D eigenvalue weighted by molar-refractivity contribution is 7.99. The number of methoxy groups -OCH3 is 1. The molecule has 0 aliphatic heterocycles. The zero-order valence-electron chi connectivity index (χ0n) is 17.4. The fraction of sp³-hybridized carbons (Fsp3) is 0.174. The van der Waals surface area contributed by atoms with Crippen LogP contribution in [0.25, 0.3) is 16.6 Å². The predicted octanol–water partition coefficient (Wildman–Crippen LogP) is 4.86. The molecule has 0 aliphatic carbocycles. The number of aromatic nitrogens is 2. The van der Waals surface area contributed by atoms with Gasteiger partial charge < -0.3 is 9.64 Å². The van der Waals surface area contributed by atoms with E-state index in [0.717, 1.165) is 4.88 Å². The molecule has 2 aromatic carbocycles. The molecule has 0 atom stereocenters. The molecule has 2 heterocycles. The van der Waals surface area contributed by atoms with Crippen LogP contribution < -0.4 is 10.3 Å². The van der Waals surface area contributed by atoms with Crippen molar-refractivity contribution >= 4 is 51.5 Å². The Morgan fingerprint density at radius 2 is 2.03 bits per heavy atom. The first-order valence-electron chi connectivity index (χ1n) is 9.73. The molecular formula is C23H20ClN3O3S2. The topological polar surface area (TPSA) is 64.4 Å². The maximum atomic E-state index is 13.3. The first kappa shape index (κ1) is 22.4. The number of carbonyl (C=O) groups excluding carboxylic acids is 1. The predicted molar refractivity (Wildman–Crippen MR) is 130 cm³/mol. The minimum Gasteiger partial charge on any atom is -0.495 e. The number of carbonyl (C=O) groups is 1. The van der Waals surface area contributed by atoms with E-state index in [2.05, 4.69) is 4.98 Å². The molecule has 0 radical (unpaired) electrons. The molecule has 0 spiro atoms. The number of para-hydroxylation sites is 1. The van der Waals surface area contributed by atoms with Gasteiger partial charge in [0.15, 0.2) is 5.16 Å². The number of halogens is 1. The van der Waals surface area contributed by atoms with Gasteiger partial charge in [-0.2, -0.15) is 0 Å². The van der Waals surface area contributed by atoms with Gasteiger partial charge in [-0.1, -0.05) is 41.6 Å². The Hall–Kier alpha value is -2.81. The summed E-state index contributed by atoms with van der Waals surface area (Å²) in [5, 5.41) is 3.28. The fourth-order valence-corrected chi connectivity index (χ4v) is 5.15. The molecule has 9 heteroatoms. The maximum absolute atomic E-state index is 13.3. The van der Waals surface area contributed by atoms with Crippen molar-refractivity contribution in [3.8, 4) is 11.4 Å². The minimum absolute atomic E-state index is 0.0508. The van der Waals surface area contributed by atoms with Crippen LogP contribution in [-0.4, -0.2) is 40.3 Å². The Balaban J connectivity index is 1.68. The van der Waals surface area contributed by atoms with Crippen LogP contribution in [0.2, 0.25) is 5.02 Å². The number of amides is 1. The fourth-order valence-electron chi connectivity index (χ4n) is 3.19. The lowest BCUT2D eigenvalue weighted by molar-refractivity contribution is -0.127. The zero-order chi connectivity index (χ0) is 22.7. The average molecular weight is 486 g/mol. The summed E-state index contributed by atoms with van der Waals surface area (Å²) in [6.07, 6.45) is 0. The van der Waals surface area contributed by atoms with Crippen molar-refractivity contribution in [2.24, 2.45) is 0 Å². The average Bonchev–Trinajstić information content (AvgIpc) is 3.30. The van der Waals surface area contributed by atoms with E-state index in [1.807, 2.05) is 23.6 Å². The monoisotopic (exact) mass is 485 g/mol. The van der Waals surface area contributed by atoms with E-state index >= 15 is 0 Å². The summed E-state index contributed by atoms with van der Waals surface area (Å²) in [6, 6.07) is 16.2. The number of ether oxygens (including phenoxy) is 1. The van der Waals surface area contributed by atoms with Crippen molar-refractivity contribution in [1.82, 2.24) is 14.5 Å². The Kier molecular flexibility index (Phi) is 6.83.